The number of hydrogen-bond donors (Lipinski definition) is 2. The first-order chi connectivity index (χ1) is 9.96. The molecule has 0 atom stereocenters. The monoisotopic (exact) mass is 311 g/mol. The average Bonchev–Trinajstić information content (AvgIpc) is 2.47. The zero-order chi connectivity index (χ0) is 15.5. The van der Waals surface area contributed by atoms with Crippen molar-refractivity contribution in [3.05, 3.63) is 48.0 Å². The lowest BCUT2D eigenvalue weighted by atomic mass is 10.3. The van der Waals surface area contributed by atoms with E-state index in [1.807, 2.05) is 0 Å². The maximum Gasteiger partial charge on any atom is 0.263 e. The van der Waals surface area contributed by atoms with E-state index in [1.165, 1.54) is 37.6 Å². The van der Waals surface area contributed by atoms with Crippen LogP contribution < -0.4 is 15.2 Å². The quantitative estimate of drug-likeness (QED) is 0.872. The minimum Gasteiger partial charge on any atom is -0.494 e. The summed E-state index contributed by atoms with van der Waals surface area (Å²) >= 11 is 0. The highest BCUT2D eigenvalue weighted by Gasteiger charge is 2.15. The second-order valence-corrected chi connectivity index (χ2v) is 5.83. The normalized spacial score (nSPS) is 11.2. The van der Waals surface area contributed by atoms with E-state index in [2.05, 4.69) is 9.71 Å². The van der Waals surface area contributed by atoms with Crippen LogP contribution in [0.15, 0.2) is 41.4 Å². The van der Waals surface area contributed by atoms with Crippen molar-refractivity contribution in [1.82, 2.24) is 4.98 Å². The molecule has 112 valence electrons. The van der Waals surface area contributed by atoms with Crippen LogP contribution in [-0.4, -0.2) is 20.5 Å². The molecule has 21 heavy (non-hydrogen) atoms. The summed E-state index contributed by atoms with van der Waals surface area (Å²) in [6.45, 7) is 0.220. The molecular weight excluding hydrogens is 297 g/mol. The van der Waals surface area contributed by atoms with Gasteiger partial charge in [-0.15, -0.1) is 0 Å². The Kier molecular flexibility index (Phi) is 4.39. The predicted octanol–water partition coefficient (Wildman–Crippen LogP) is 1.49. The van der Waals surface area contributed by atoms with Crippen LogP contribution in [0.4, 0.5) is 10.1 Å². The van der Waals surface area contributed by atoms with E-state index in [0.29, 0.717) is 5.69 Å². The fourth-order valence-electron chi connectivity index (χ4n) is 1.63. The van der Waals surface area contributed by atoms with Gasteiger partial charge in [-0.25, -0.2) is 12.8 Å². The number of rotatable bonds is 5. The lowest BCUT2D eigenvalue weighted by molar-refractivity contribution is 0.386. The third kappa shape index (κ3) is 3.47. The number of anilines is 1. The van der Waals surface area contributed by atoms with Crippen LogP contribution in [0, 0.1) is 5.82 Å². The Hall–Kier alpha value is -2.19. The van der Waals surface area contributed by atoms with Crippen molar-refractivity contribution in [2.75, 3.05) is 11.8 Å². The van der Waals surface area contributed by atoms with Gasteiger partial charge in [-0.2, -0.15) is 0 Å². The van der Waals surface area contributed by atoms with E-state index in [-0.39, 0.29) is 22.9 Å². The van der Waals surface area contributed by atoms with Gasteiger partial charge in [0.2, 0.25) is 0 Å². The SMILES string of the molecule is COc1ccc(NS(=O)(=O)c2ccc(CN)nc2)cc1F. The summed E-state index contributed by atoms with van der Waals surface area (Å²) in [4.78, 5) is 3.88. The molecule has 0 amide bonds. The van der Waals surface area contributed by atoms with Gasteiger partial charge in [0, 0.05) is 18.8 Å². The molecule has 0 saturated heterocycles. The Morgan fingerprint density at radius 3 is 2.62 bits per heavy atom. The zero-order valence-corrected chi connectivity index (χ0v) is 12.0. The molecule has 0 aliphatic heterocycles. The molecule has 0 aliphatic rings. The molecule has 1 heterocycles. The molecule has 1 aromatic heterocycles. The summed E-state index contributed by atoms with van der Waals surface area (Å²) in [6.07, 6.45) is 1.20. The van der Waals surface area contributed by atoms with E-state index in [4.69, 9.17) is 10.5 Å². The first kappa shape index (κ1) is 15.2. The summed E-state index contributed by atoms with van der Waals surface area (Å²) in [7, 11) is -2.51. The van der Waals surface area contributed by atoms with Gasteiger partial charge in [-0.1, -0.05) is 0 Å². The largest absolute Gasteiger partial charge is 0.494 e. The number of aromatic nitrogens is 1. The molecule has 2 aromatic rings. The zero-order valence-electron chi connectivity index (χ0n) is 11.2. The number of ether oxygens (including phenoxy) is 1. The number of methoxy groups -OCH3 is 1. The van der Waals surface area contributed by atoms with Gasteiger partial charge in [-0.3, -0.25) is 9.71 Å². The fraction of sp³-hybridized carbons (Fsp3) is 0.154. The first-order valence-corrected chi connectivity index (χ1v) is 7.46. The van der Waals surface area contributed by atoms with Crippen LogP contribution in [0.25, 0.3) is 0 Å². The van der Waals surface area contributed by atoms with Crippen LogP contribution >= 0.6 is 0 Å². The van der Waals surface area contributed by atoms with Crippen molar-refractivity contribution in [3.8, 4) is 5.75 Å². The van der Waals surface area contributed by atoms with Gasteiger partial charge in [0.05, 0.1) is 18.5 Å². The second-order valence-electron chi connectivity index (χ2n) is 4.14. The van der Waals surface area contributed by atoms with Gasteiger partial charge in [0.15, 0.2) is 11.6 Å². The van der Waals surface area contributed by atoms with Crippen LogP contribution in [0.3, 0.4) is 0 Å². The molecule has 0 unspecified atom stereocenters. The van der Waals surface area contributed by atoms with Crippen LogP contribution in [0.2, 0.25) is 0 Å². The molecule has 0 radical (unpaired) electrons. The number of nitrogens with one attached hydrogen (secondary N) is 1. The molecule has 0 spiro atoms. The number of halogens is 1. The number of benzene rings is 1. The Labute approximate surface area is 121 Å². The Morgan fingerprint density at radius 2 is 2.10 bits per heavy atom. The van der Waals surface area contributed by atoms with Gasteiger partial charge in [-0.05, 0) is 24.3 Å². The van der Waals surface area contributed by atoms with Crippen LogP contribution in [0.5, 0.6) is 5.75 Å². The number of hydrogen-bond acceptors (Lipinski definition) is 5. The molecule has 3 N–H and O–H groups in total. The third-order valence-corrected chi connectivity index (χ3v) is 4.09. The summed E-state index contributed by atoms with van der Waals surface area (Å²) in [6, 6.07) is 6.68. The topological polar surface area (TPSA) is 94.3 Å². The summed E-state index contributed by atoms with van der Waals surface area (Å²) < 4.78 is 44.8. The number of nitrogens with two attached hydrogens (primary N) is 1. The highest BCUT2D eigenvalue weighted by atomic mass is 32.2. The van der Waals surface area contributed by atoms with E-state index >= 15 is 0 Å². The highest BCUT2D eigenvalue weighted by molar-refractivity contribution is 7.92. The lowest BCUT2D eigenvalue weighted by Crippen LogP contribution is -2.14. The van der Waals surface area contributed by atoms with Gasteiger partial charge in [0.25, 0.3) is 10.0 Å². The summed E-state index contributed by atoms with van der Waals surface area (Å²) in [5.74, 6) is -0.624. The first-order valence-electron chi connectivity index (χ1n) is 5.97. The van der Waals surface area contributed by atoms with Crippen LogP contribution in [0.1, 0.15) is 5.69 Å². The van der Waals surface area contributed by atoms with Gasteiger partial charge < -0.3 is 10.5 Å². The molecule has 0 aliphatic carbocycles. The smallest absolute Gasteiger partial charge is 0.263 e. The van der Waals surface area contributed by atoms with Crippen molar-refractivity contribution in [3.63, 3.8) is 0 Å². The average molecular weight is 311 g/mol. The summed E-state index contributed by atoms with van der Waals surface area (Å²) in [5, 5.41) is 0. The maximum atomic E-state index is 13.5. The number of nitrogens with zero attached hydrogens (tertiary/aromatic N) is 1. The molecule has 0 bridgehead atoms. The van der Waals surface area contributed by atoms with E-state index in [9.17, 15) is 12.8 Å². The lowest BCUT2D eigenvalue weighted by Gasteiger charge is -2.09. The van der Waals surface area contributed by atoms with E-state index < -0.39 is 15.8 Å². The van der Waals surface area contributed by atoms with Crippen molar-refractivity contribution >= 4 is 15.7 Å². The van der Waals surface area contributed by atoms with E-state index in [1.54, 1.807) is 0 Å². The van der Waals surface area contributed by atoms with Crippen molar-refractivity contribution in [2.24, 2.45) is 5.73 Å². The maximum absolute atomic E-state index is 13.5. The standard InChI is InChI=1S/C13H14FN3O3S/c1-20-13-5-3-9(6-12(13)14)17-21(18,19)11-4-2-10(7-15)16-8-11/h2-6,8,17H,7,15H2,1H3. The number of sulfonamides is 1. The third-order valence-electron chi connectivity index (χ3n) is 2.72. The molecular formula is C13H14FN3O3S. The van der Waals surface area contributed by atoms with Gasteiger partial charge >= 0.3 is 0 Å². The van der Waals surface area contributed by atoms with Crippen molar-refractivity contribution in [1.29, 1.82) is 0 Å². The van der Waals surface area contributed by atoms with Gasteiger partial charge in [0.1, 0.15) is 4.90 Å². The molecule has 8 heteroatoms. The second kappa shape index (κ2) is 6.06. The predicted molar refractivity (Wildman–Crippen MR) is 75.9 cm³/mol. The fourth-order valence-corrected chi connectivity index (χ4v) is 2.63. The minimum atomic E-state index is -3.84. The molecule has 2 rings (SSSR count). The van der Waals surface area contributed by atoms with Crippen molar-refractivity contribution < 1.29 is 17.5 Å². The Morgan fingerprint density at radius 1 is 1.33 bits per heavy atom. The Balaban J connectivity index is 2.26. The Bertz CT molecular complexity index is 733. The molecule has 0 saturated carbocycles. The van der Waals surface area contributed by atoms with E-state index in [0.717, 1.165) is 6.07 Å². The van der Waals surface area contributed by atoms with Crippen molar-refractivity contribution in [2.45, 2.75) is 11.4 Å². The molecule has 6 nitrogen and oxygen atoms in total. The van der Waals surface area contributed by atoms with Crippen LogP contribution in [-0.2, 0) is 16.6 Å². The number of pyridine rings is 1. The molecule has 1 aromatic carbocycles. The molecule has 0 fully saturated rings. The summed E-state index contributed by atoms with van der Waals surface area (Å²) in [5.41, 5.74) is 6.06. The highest BCUT2D eigenvalue weighted by Crippen LogP contribution is 2.22. The minimum absolute atomic E-state index is 0.0315.